The predicted octanol–water partition coefficient (Wildman–Crippen LogP) is 2.78. The van der Waals surface area contributed by atoms with Gasteiger partial charge in [-0.25, -0.2) is 0 Å². The zero-order chi connectivity index (χ0) is 13.7. The van der Waals surface area contributed by atoms with Gasteiger partial charge in [0, 0.05) is 30.8 Å². The molecule has 0 bridgehead atoms. The van der Waals surface area contributed by atoms with Crippen LogP contribution in [0.4, 0.5) is 5.69 Å². The Kier molecular flexibility index (Phi) is 4.83. The van der Waals surface area contributed by atoms with Crippen LogP contribution in [-0.2, 0) is 0 Å². The van der Waals surface area contributed by atoms with E-state index >= 15 is 0 Å². The second-order valence-corrected chi connectivity index (χ2v) is 4.29. The van der Waals surface area contributed by atoms with E-state index < -0.39 is 4.92 Å². The van der Waals surface area contributed by atoms with Gasteiger partial charge in [-0.05, 0) is 19.4 Å². The van der Waals surface area contributed by atoms with E-state index in [9.17, 15) is 14.9 Å². The van der Waals surface area contributed by atoms with E-state index in [-0.39, 0.29) is 11.6 Å². The third-order valence-corrected chi connectivity index (χ3v) is 2.93. The summed E-state index contributed by atoms with van der Waals surface area (Å²) >= 11 is 0. The molecule has 18 heavy (non-hydrogen) atoms. The Bertz CT molecular complexity index is 458. The molecule has 1 rings (SSSR count). The monoisotopic (exact) mass is 250 g/mol. The summed E-state index contributed by atoms with van der Waals surface area (Å²) in [6.07, 6.45) is 1.93. The summed E-state index contributed by atoms with van der Waals surface area (Å²) in [5.41, 5.74) is 0.823. The summed E-state index contributed by atoms with van der Waals surface area (Å²) in [6, 6.07) is 4.59. The topological polar surface area (TPSA) is 63.5 Å². The van der Waals surface area contributed by atoms with Crippen LogP contribution in [0, 0.1) is 17.0 Å². The number of carbonyl (C=O) groups excluding carboxylic acids is 1. The molecule has 0 spiro atoms. The molecule has 1 aromatic carbocycles. The lowest BCUT2D eigenvalue weighted by Gasteiger charge is -2.17. The average molecular weight is 250 g/mol. The molecule has 0 atom stereocenters. The average Bonchev–Trinajstić information content (AvgIpc) is 2.35. The molecule has 0 radical (unpaired) electrons. The van der Waals surface area contributed by atoms with Gasteiger partial charge in [0.15, 0.2) is 0 Å². The summed E-state index contributed by atoms with van der Waals surface area (Å²) in [6.45, 7) is 4.33. The minimum absolute atomic E-state index is 0.00950. The van der Waals surface area contributed by atoms with Crippen molar-refractivity contribution in [2.45, 2.75) is 26.7 Å². The van der Waals surface area contributed by atoms with E-state index in [2.05, 4.69) is 6.92 Å². The van der Waals surface area contributed by atoms with Crippen LogP contribution in [0.1, 0.15) is 35.7 Å². The van der Waals surface area contributed by atoms with Crippen LogP contribution >= 0.6 is 0 Å². The van der Waals surface area contributed by atoms with E-state index in [1.54, 1.807) is 31.0 Å². The first kappa shape index (κ1) is 14.2. The van der Waals surface area contributed by atoms with Gasteiger partial charge in [0.05, 0.1) is 4.92 Å². The molecule has 5 heteroatoms. The summed E-state index contributed by atoms with van der Waals surface area (Å²) in [5, 5.41) is 10.8. The number of amides is 1. The van der Waals surface area contributed by atoms with Crippen molar-refractivity contribution in [3.8, 4) is 0 Å². The molecule has 0 fully saturated rings. The van der Waals surface area contributed by atoms with Crippen LogP contribution in [-0.4, -0.2) is 29.3 Å². The fraction of sp³-hybridized carbons (Fsp3) is 0.462. The molecule has 0 aliphatic rings. The lowest BCUT2D eigenvalue weighted by atomic mass is 10.1. The number of carbonyl (C=O) groups is 1. The maximum absolute atomic E-state index is 12.1. The smallest absolute Gasteiger partial charge is 0.273 e. The Morgan fingerprint density at radius 1 is 1.44 bits per heavy atom. The second kappa shape index (κ2) is 6.14. The first-order chi connectivity index (χ1) is 8.49. The molecule has 0 aromatic heterocycles. The summed E-state index contributed by atoms with van der Waals surface area (Å²) in [5.74, 6) is -0.162. The van der Waals surface area contributed by atoms with Gasteiger partial charge in [-0.1, -0.05) is 19.4 Å². The van der Waals surface area contributed by atoms with Crippen LogP contribution in [0.15, 0.2) is 18.2 Å². The highest BCUT2D eigenvalue weighted by atomic mass is 16.6. The van der Waals surface area contributed by atoms with Gasteiger partial charge in [-0.2, -0.15) is 0 Å². The summed E-state index contributed by atoms with van der Waals surface area (Å²) in [7, 11) is 1.72. The molecule has 0 unspecified atom stereocenters. The Hall–Kier alpha value is -1.91. The van der Waals surface area contributed by atoms with Gasteiger partial charge in [0.25, 0.3) is 11.6 Å². The SMILES string of the molecule is CCCCN(C)C(=O)c1cccc([N+](=O)[O-])c1C. The molecular formula is C13H18N2O3. The Labute approximate surface area is 107 Å². The van der Waals surface area contributed by atoms with Crippen molar-refractivity contribution in [1.29, 1.82) is 0 Å². The second-order valence-electron chi connectivity index (χ2n) is 4.29. The van der Waals surface area contributed by atoms with Crippen LogP contribution in [0.3, 0.4) is 0 Å². The summed E-state index contributed by atoms with van der Waals surface area (Å²) in [4.78, 5) is 24.1. The molecule has 1 amide bonds. The first-order valence-electron chi connectivity index (χ1n) is 5.98. The lowest BCUT2D eigenvalue weighted by molar-refractivity contribution is -0.385. The van der Waals surface area contributed by atoms with Crippen LogP contribution in [0.2, 0.25) is 0 Å². The van der Waals surface area contributed by atoms with Crippen molar-refractivity contribution in [2.75, 3.05) is 13.6 Å². The highest BCUT2D eigenvalue weighted by molar-refractivity contribution is 5.96. The zero-order valence-electron chi connectivity index (χ0n) is 11.0. The lowest BCUT2D eigenvalue weighted by Crippen LogP contribution is -2.28. The van der Waals surface area contributed by atoms with Crippen molar-refractivity contribution in [3.63, 3.8) is 0 Å². The molecule has 0 N–H and O–H groups in total. The van der Waals surface area contributed by atoms with E-state index in [1.807, 2.05) is 0 Å². The molecular weight excluding hydrogens is 232 g/mol. The van der Waals surface area contributed by atoms with Gasteiger partial charge in [-0.3, -0.25) is 14.9 Å². The van der Waals surface area contributed by atoms with Crippen molar-refractivity contribution in [3.05, 3.63) is 39.4 Å². The van der Waals surface area contributed by atoms with Crippen LogP contribution in [0.25, 0.3) is 0 Å². The Morgan fingerprint density at radius 2 is 2.11 bits per heavy atom. The quantitative estimate of drug-likeness (QED) is 0.596. The number of nitro groups is 1. The van der Waals surface area contributed by atoms with Crippen LogP contribution < -0.4 is 0 Å². The number of rotatable bonds is 5. The first-order valence-corrected chi connectivity index (χ1v) is 5.98. The van der Waals surface area contributed by atoms with E-state index in [0.717, 1.165) is 12.8 Å². The maximum Gasteiger partial charge on any atom is 0.273 e. The largest absolute Gasteiger partial charge is 0.342 e. The molecule has 0 aliphatic carbocycles. The predicted molar refractivity (Wildman–Crippen MR) is 69.7 cm³/mol. The fourth-order valence-electron chi connectivity index (χ4n) is 1.76. The third kappa shape index (κ3) is 3.06. The number of nitrogens with zero attached hydrogens (tertiary/aromatic N) is 2. The van der Waals surface area contributed by atoms with Crippen LogP contribution in [0.5, 0.6) is 0 Å². The van der Waals surface area contributed by atoms with Crippen molar-refractivity contribution in [2.24, 2.45) is 0 Å². The van der Waals surface area contributed by atoms with Gasteiger partial charge >= 0.3 is 0 Å². The highest BCUT2D eigenvalue weighted by Crippen LogP contribution is 2.22. The minimum Gasteiger partial charge on any atom is -0.342 e. The number of hydrogen-bond acceptors (Lipinski definition) is 3. The molecule has 0 heterocycles. The zero-order valence-corrected chi connectivity index (χ0v) is 11.0. The number of nitro benzene ring substituents is 1. The normalized spacial score (nSPS) is 10.2. The molecule has 5 nitrogen and oxygen atoms in total. The molecule has 0 saturated heterocycles. The maximum atomic E-state index is 12.1. The molecule has 0 saturated carbocycles. The molecule has 0 aliphatic heterocycles. The number of benzene rings is 1. The number of hydrogen-bond donors (Lipinski definition) is 0. The van der Waals surface area contributed by atoms with Crippen molar-refractivity contribution < 1.29 is 9.72 Å². The fourth-order valence-corrected chi connectivity index (χ4v) is 1.76. The van der Waals surface area contributed by atoms with E-state index in [4.69, 9.17) is 0 Å². The third-order valence-electron chi connectivity index (χ3n) is 2.93. The van der Waals surface area contributed by atoms with Gasteiger partial charge in [-0.15, -0.1) is 0 Å². The van der Waals surface area contributed by atoms with E-state index in [0.29, 0.717) is 17.7 Å². The highest BCUT2D eigenvalue weighted by Gasteiger charge is 2.19. The number of unbranched alkanes of at least 4 members (excludes halogenated alkanes) is 1. The Balaban J connectivity index is 2.99. The Morgan fingerprint density at radius 3 is 2.67 bits per heavy atom. The van der Waals surface area contributed by atoms with Gasteiger partial charge < -0.3 is 4.90 Å². The van der Waals surface area contributed by atoms with Gasteiger partial charge in [0.1, 0.15) is 0 Å². The van der Waals surface area contributed by atoms with Gasteiger partial charge in [0.2, 0.25) is 0 Å². The minimum atomic E-state index is -0.460. The van der Waals surface area contributed by atoms with Crippen molar-refractivity contribution in [1.82, 2.24) is 4.90 Å². The molecule has 1 aromatic rings. The molecule has 98 valence electrons. The van der Waals surface area contributed by atoms with Crippen molar-refractivity contribution >= 4 is 11.6 Å². The van der Waals surface area contributed by atoms with E-state index in [1.165, 1.54) is 6.07 Å². The standard InChI is InChI=1S/C13H18N2O3/c1-4-5-9-14(3)13(16)11-7-6-8-12(10(11)2)15(17)18/h6-8H,4-5,9H2,1-3H3. The summed E-state index contributed by atoms with van der Waals surface area (Å²) < 4.78 is 0.